The summed E-state index contributed by atoms with van der Waals surface area (Å²) < 4.78 is 27.6. The van der Waals surface area contributed by atoms with Crippen molar-refractivity contribution in [3.63, 3.8) is 0 Å². The van der Waals surface area contributed by atoms with Gasteiger partial charge in [0.15, 0.2) is 17.1 Å². The molecule has 4 atom stereocenters. The molecular weight excluding hydrogens is 493 g/mol. The van der Waals surface area contributed by atoms with E-state index in [1.54, 1.807) is 17.9 Å². The second-order valence-corrected chi connectivity index (χ2v) is 10.7. The second-order valence-electron chi connectivity index (χ2n) is 9.72. The van der Waals surface area contributed by atoms with E-state index < -0.39 is 41.2 Å². The van der Waals surface area contributed by atoms with Crippen molar-refractivity contribution in [3.8, 4) is 0 Å². The topological polar surface area (TPSA) is 134 Å². The van der Waals surface area contributed by atoms with Crippen molar-refractivity contribution in [2.24, 2.45) is 5.41 Å². The van der Waals surface area contributed by atoms with Crippen LogP contribution in [0.5, 0.6) is 0 Å². The first kappa shape index (κ1) is 23.2. The number of carbonyl (C=O) groups excluding carboxylic acids is 4. The van der Waals surface area contributed by atoms with Gasteiger partial charge in [0.2, 0.25) is 17.4 Å². The SMILES string of the molecule is CC[C@@H]1CSC(=O)N1c1noc2c(F)c3c(cc12)CC1(C(=O)NC(=O)NC1=O)[C@H]1[C@H](C)O[C@H](C)CN31. The highest BCUT2D eigenvalue weighted by atomic mass is 32.2. The Morgan fingerprint density at radius 1 is 1.22 bits per heavy atom. The van der Waals surface area contributed by atoms with Crippen LogP contribution in [-0.4, -0.2) is 64.8 Å². The number of halogens is 1. The Morgan fingerprint density at radius 3 is 2.64 bits per heavy atom. The molecule has 6 rings (SSSR count). The van der Waals surface area contributed by atoms with Crippen LogP contribution in [0.1, 0.15) is 32.8 Å². The van der Waals surface area contributed by atoms with Gasteiger partial charge >= 0.3 is 6.03 Å². The molecule has 1 aromatic heterocycles. The largest absolute Gasteiger partial charge is 0.372 e. The van der Waals surface area contributed by atoms with Gasteiger partial charge in [-0.25, -0.2) is 9.18 Å². The number of anilines is 2. The van der Waals surface area contributed by atoms with E-state index in [1.165, 1.54) is 4.90 Å². The maximum atomic E-state index is 16.2. The fourth-order valence-electron chi connectivity index (χ4n) is 6.13. The third kappa shape index (κ3) is 2.98. The number of thioether (sulfide) groups is 1. The number of urea groups is 1. The average Bonchev–Trinajstić information content (AvgIpc) is 3.39. The van der Waals surface area contributed by atoms with E-state index in [2.05, 4.69) is 15.8 Å². The van der Waals surface area contributed by atoms with Gasteiger partial charge in [0.1, 0.15) is 0 Å². The minimum atomic E-state index is -1.73. The van der Waals surface area contributed by atoms with Crippen LogP contribution in [0.2, 0.25) is 0 Å². The van der Waals surface area contributed by atoms with Gasteiger partial charge in [-0.1, -0.05) is 23.8 Å². The van der Waals surface area contributed by atoms with Gasteiger partial charge in [0.05, 0.1) is 29.3 Å². The lowest BCUT2D eigenvalue weighted by molar-refractivity contribution is -0.153. The second kappa shape index (κ2) is 7.90. The summed E-state index contributed by atoms with van der Waals surface area (Å²) in [6.07, 6.45) is -0.436. The number of nitrogens with zero attached hydrogens (tertiary/aromatic N) is 3. The molecule has 3 fully saturated rings. The van der Waals surface area contributed by atoms with Crippen molar-refractivity contribution < 1.29 is 32.8 Å². The van der Waals surface area contributed by atoms with Gasteiger partial charge in [0, 0.05) is 24.8 Å². The molecule has 0 aliphatic carbocycles. The van der Waals surface area contributed by atoms with E-state index in [9.17, 15) is 19.2 Å². The summed E-state index contributed by atoms with van der Waals surface area (Å²) in [7, 11) is 0. The molecular formula is C23H24FN5O6S. The van der Waals surface area contributed by atoms with Gasteiger partial charge in [-0.15, -0.1) is 0 Å². The minimum absolute atomic E-state index is 0.0995. The summed E-state index contributed by atoms with van der Waals surface area (Å²) in [6, 6.07) is -0.246. The zero-order valence-electron chi connectivity index (χ0n) is 19.8. The predicted molar refractivity (Wildman–Crippen MR) is 127 cm³/mol. The maximum absolute atomic E-state index is 16.2. The van der Waals surface area contributed by atoms with Crippen LogP contribution in [0.4, 0.5) is 25.5 Å². The van der Waals surface area contributed by atoms with Gasteiger partial charge in [-0.2, -0.15) is 0 Å². The molecule has 1 spiro atoms. The standard InChI is InChI=1S/C23H24FN5O6S/c1-4-12-8-36-22(33)29(12)18-13-5-11-6-23(19(30)25-21(32)26-20(23)31)17-10(3)34-9(2)7-28(17)15(11)14(24)16(13)35-27-18/h5,9-10,12,17H,4,6-8H2,1-3H3,(H2,25,26,30,31,32)/t9-,10+,12-,17-/m1/s1. The monoisotopic (exact) mass is 517 g/mol. The normalized spacial score (nSPS) is 29.4. The van der Waals surface area contributed by atoms with E-state index in [1.807, 2.05) is 13.8 Å². The Kier molecular flexibility index (Phi) is 5.10. The number of rotatable bonds is 2. The first-order chi connectivity index (χ1) is 17.2. The van der Waals surface area contributed by atoms with Crippen LogP contribution >= 0.6 is 11.8 Å². The third-order valence-electron chi connectivity index (χ3n) is 7.61. The third-order valence-corrected chi connectivity index (χ3v) is 8.60. The number of ether oxygens (including phenoxy) is 1. The summed E-state index contributed by atoms with van der Waals surface area (Å²) in [5.41, 5.74) is -1.25. The van der Waals surface area contributed by atoms with Crippen LogP contribution in [0, 0.1) is 11.2 Å². The van der Waals surface area contributed by atoms with Crippen LogP contribution in [0.25, 0.3) is 11.0 Å². The van der Waals surface area contributed by atoms with E-state index >= 15 is 4.39 Å². The average molecular weight is 518 g/mol. The highest BCUT2D eigenvalue weighted by Gasteiger charge is 2.63. The quantitative estimate of drug-likeness (QED) is 0.576. The lowest BCUT2D eigenvalue weighted by atomic mass is 9.66. The molecule has 190 valence electrons. The van der Waals surface area contributed by atoms with E-state index in [0.717, 1.165) is 11.8 Å². The number of aromatic nitrogens is 1. The Labute approximate surface area is 209 Å². The predicted octanol–water partition coefficient (Wildman–Crippen LogP) is 2.31. The molecule has 0 radical (unpaired) electrons. The number of imide groups is 2. The lowest BCUT2D eigenvalue weighted by Crippen LogP contribution is -2.75. The molecule has 36 heavy (non-hydrogen) atoms. The molecule has 4 aliphatic heterocycles. The van der Waals surface area contributed by atoms with Gasteiger partial charge in [0.25, 0.3) is 5.24 Å². The number of morpholine rings is 1. The molecule has 11 nitrogen and oxygen atoms in total. The fraction of sp³-hybridized carbons (Fsp3) is 0.522. The molecule has 2 N–H and O–H groups in total. The smallest absolute Gasteiger partial charge is 0.328 e. The van der Waals surface area contributed by atoms with E-state index in [0.29, 0.717) is 17.7 Å². The number of fused-ring (bicyclic) bond motifs is 5. The summed E-state index contributed by atoms with van der Waals surface area (Å²) in [4.78, 5) is 54.4. The molecule has 0 bridgehead atoms. The number of carbonyl (C=O) groups is 4. The molecule has 2 aromatic rings. The molecule has 1 aromatic carbocycles. The van der Waals surface area contributed by atoms with Gasteiger partial charge in [-0.05, 0) is 31.9 Å². The van der Waals surface area contributed by atoms with Crippen LogP contribution in [-0.2, 0) is 20.7 Å². The van der Waals surface area contributed by atoms with Crippen LogP contribution < -0.4 is 20.4 Å². The Balaban J connectivity index is 1.57. The maximum Gasteiger partial charge on any atom is 0.328 e. The molecule has 13 heteroatoms. The van der Waals surface area contributed by atoms with E-state index in [-0.39, 0.29) is 52.8 Å². The van der Waals surface area contributed by atoms with Crippen molar-refractivity contribution >= 4 is 57.3 Å². The van der Waals surface area contributed by atoms with Crippen molar-refractivity contribution in [2.75, 3.05) is 22.1 Å². The molecule has 5 heterocycles. The highest BCUT2D eigenvalue weighted by Crippen LogP contribution is 2.50. The van der Waals surface area contributed by atoms with Gasteiger partial charge in [-0.3, -0.25) is 29.9 Å². The Hall–Kier alpha value is -3.19. The molecule has 5 amide bonds. The number of barbiturate groups is 1. The van der Waals surface area contributed by atoms with Crippen molar-refractivity contribution in [3.05, 3.63) is 17.4 Å². The number of hydrogen-bond donors (Lipinski definition) is 2. The zero-order valence-corrected chi connectivity index (χ0v) is 20.6. The first-order valence-corrected chi connectivity index (χ1v) is 12.8. The number of nitrogens with one attached hydrogen (secondary N) is 2. The fourth-order valence-corrected chi connectivity index (χ4v) is 7.22. The van der Waals surface area contributed by atoms with Crippen LogP contribution in [0.15, 0.2) is 10.6 Å². The molecule has 0 saturated carbocycles. The highest BCUT2D eigenvalue weighted by molar-refractivity contribution is 8.14. The number of benzene rings is 1. The van der Waals surface area contributed by atoms with Gasteiger partial charge < -0.3 is 14.2 Å². The molecule has 3 saturated heterocycles. The van der Waals surface area contributed by atoms with Crippen molar-refractivity contribution in [1.29, 1.82) is 0 Å². The lowest BCUT2D eigenvalue weighted by Gasteiger charge is -2.55. The van der Waals surface area contributed by atoms with Crippen LogP contribution in [0.3, 0.4) is 0 Å². The zero-order chi connectivity index (χ0) is 25.5. The Bertz CT molecular complexity index is 1330. The van der Waals surface area contributed by atoms with E-state index in [4.69, 9.17) is 9.26 Å². The Morgan fingerprint density at radius 2 is 1.94 bits per heavy atom. The number of hydrogen-bond acceptors (Lipinski definition) is 9. The summed E-state index contributed by atoms with van der Waals surface area (Å²) >= 11 is 1.16. The summed E-state index contributed by atoms with van der Waals surface area (Å²) in [5, 5.41) is 8.58. The van der Waals surface area contributed by atoms with Crippen molar-refractivity contribution in [1.82, 2.24) is 15.8 Å². The van der Waals surface area contributed by atoms with Crippen molar-refractivity contribution in [2.45, 2.75) is 57.9 Å². The molecule has 0 unspecified atom stereocenters. The number of amides is 5. The summed E-state index contributed by atoms with van der Waals surface area (Å²) in [5.74, 6) is -1.40. The molecule has 4 aliphatic rings. The minimum Gasteiger partial charge on any atom is -0.372 e. The first-order valence-electron chi connectivity index (χ1n) is 11.8. The summed E-state index contributed by atoms with van der Waals surface area (Å²) in [6.45, 7) is 5.71.